The zero-order chi connectivity index (χ0) is 15.7. The molecule has 1 heterocycles. The van der Waals surface area contributed by atoms with Gasteiger partial charge in [-0.3, -0.25) is 0 Å². The van der Waals surface area contributed by atoms with E-state index in [1.165, 1.54) is 0 Å². The van der Waals surface area contributed by atoms with Gasteiger partial charge >= 0.3 is 0 Å². The molecule has 1 aromatic carbocycles. The van der Waals surface area contributed by atoms with Gasteiger partial charge in [-0.15, -0.1) is 0 Å². The number of nitriles is 1. The number of benzene rings is 1. The summed E-state index contributed by atoms with van der Waals surface area (Å²) in [5.74, 6) is -10.4. The van der Waals surface area contributed by atoms with Crippen LogP contribution in [0.5, 0.6) is 0 Å². The lowest BCUT2D eigenvalue weighted by atomic mass is 9.98. The quantitative estimate of drug-likeness (QED) is 0.361. The molecule has 8 heteroatoms. The van der Waals surface area contributed by atoms with Crippen molar-refractivity contribution < 1.29 is 22.0 Å². The molecule has 0 aliphatic carbocycles. The van der Waals surface area contributed by atoms with Crippen LogP contribution in [0.15, 0.2) is 12.3 Å². The van der Waals surface area contributed by atoms with Crippen molar-refractivity contribution in [3.63, 3.8) is 0 Å². The number of hydrogen-bond acceptors (Lipinski definition) is 2. The van der Waals surface area contributed by atoms with Crippen LogP contribution < -0.4 is 0 Å². The minimum atomic E-state index is -2.25. The van der Waals surface area contributed by atoms with E-state index >= 15 is 0 Å². The Kier molecular flexibility index (Phi) is 4.09. The number of rotatable bonds is 2. The van der Waals surface area contributed by atoms with Crippen LogP contribution in [0.4, 0.5) is 22.0 Å². The summed E-state index contributed by atoms with van der Waals surface area (Å²) in [7, 11) is 0. The molecule has 0 N–H and O–H groups in total. The van der Waals surface area contributed by atoms with Gasteiger partial charge in [-0.25, -0.2) is 26.9 Å². The fourth-order valence-corrected chi connectivity index (χ4v) is 1.95. The molecule has 1 aromatic heterocycles. The van der Waals surface area contributed by atoms with E-state index in [1.54, 1.807) is 6.07 Å². The Bertz CT molecular complexity index is 741. The van der Waals surface area contributed by atoms with Gasteiger partial charge in [0.05, 0.1) is 18.1 Å². The molecular weight excluding hydrogens is 315 g/mol. The van der Waals surface area contributed by atoms with E-state index in [9.17, 15) is 22.0 Å². The maximum Gasteiger partial charge on any atom is 0.200 e. The third-order valence-corrected chi connectivity index (χ3v) is 2.91. The lowest BCUT2D eigenvalue weighted by Crippen LogP contribution is -2.05. The second kappa shape index (κ2) is 5.66. The van der Waals surface area contributed by atoms with Crippen molar-refractivity contribution in [3.8, 4) is 17.2 Å². The van der Waals surface area contributed by atoms with Crippen molar-refractivity contribution in [3.05, 3.63) is 52.1 Å². The van der Waals surface area contributed by atoms with Crippen LogP contribution in [0.25, 0.3) is 11.1 Å². The van der Waals surface area contributed by atoms with Crippen molar-refractivity contribution in [2.24, 2.45) is 0 Å². The van der Waals surface area contributed by atoms with Gasteiger partial charge in [-0.2, -0.15) is 5.26 Å². The minimum absolute atomic E-state index is 0.000656. The predicted octanol–water partition coefficient (Wildman–Crippen LogP) is 4.16. The van der Waals surface area contributed by atoms with Gasteiger partial charge < -0.3 is 0 Å². The first-order valence-corrected chi connectivity index (χ1v) is 5.79. The Hall–Kier alpha value is -2.20. The molecule has 0 spiro atoms. The van der Waals surface area contributed by atoms with Crippen LogP contribution in [0, 0.1) is 40.4 Å². The number of halogens is 6. The fourth-order valence-electron chi connectivity index (χ4n) is 1.77. The van der Waals surface area contributed by atoms with Gasteiger partial charge in [0.1, 0.15) is 5.15 Å². The molecule has 2 nitrogen and oxygen atoms in total. The summed E-state index contributed by atoms with van der Waals surface area (Å²) in [6, 6.07) is 2.83. The first-order valence-electron chi connectivity index (χ1n) is 5.41. The lowest BCUT2D eigenvalue weighted by Gasteiger charge is -2.11. The molecule has 0 unspecified atom stereocenters. The molecule has 0 saturated heterocycles. The van der Waals surface area contributed by atoms with E-state index < -0.39 is 34.6 Å². The number of pyridine rings is 1. The van der Waals surface area contributed by atoms with Crippen molar-refractivity contribution in [2.45, 2.75) is 6.42 Å². The highest BCUT2D eigenvalue weighted by Gasteiger charge is 2.28. The third kappa shape index (κ3) is 2.54. The number of nitrogens with zero attached hydrogens (tertiary/aromatic N) is 2. The summed E-state index contributed by atoms with van der Waals surface area (Å²) in [5, 5.41) is 8.59. The van der Waals surface area contributed by atoms with E-state index in [1.807, 2.05) is 0 Å². The molecule has 0 saturated carbocycles. The Morgan fingerprint density at radius 1 is 1.00 bits per heavy atom. The second-order valence-electron chi connectivity index (χ2n) is 3.94. The van der Waals surface area contributed by atoms with Crippen molar-refractivity contribution in [2.75, 3.05) is 0 Å². The van der Waals surface area contributed by atoms with Crippen LogP contribution in [-0.4, -0.2) is 4.98 Å². The topological polar surface area (TPSA) is 36.7 Å². The van der Waals surface area contributed by atoms with Crippen molar-refractivity contribution >= 4 is 11.6 Å². The van der Waals surface area contributed by atoms with E-state index in [2.05, 4.69) is 4.98 Å². The molecule has 2 aromatic rings. The summed E-state index contributed by atoms with van der Waals surface area (Å²) in [6.45, 7) is 0. The predicted molar refractivity (Wildman–Crippen MR) is 63.8 cm³/mol. The van der Waals surface area contributed by atoms with Gasteiger partial charge in [0, 0.05) is 11.8 Å². The zero-order valence-electron chi connectivity index (χ0n) is 10.0. The summed E-state index contributed by atoms with van der Waals surface area (Å²) in [6.07, 6.45) is 0.518. The monoisotopic (exact) mass is 318 g/mol. The van der Waals surface area contributed by atoms with Crippen LogP contribution >= 0.6 is 11.6 Å². The van der Waals surface area contributed by atoms with Crippen molar-refractivity contribution in [1.82, 2.24) is 4.98 Å². The van der Waals surface area contributed by atoms with E-state index in [4.69, 9.17) is 16.9 Å². The fraction of sp³-hybridized carbons (Fsp3) is 0.0769. The number of aromatic nitrogens is 1. The SMILES string of the molecule is N#CCc1cc(Cl)ncc1-c1c(F)c(F)c(F)c(F)c1F. The Labute approximate surface area is 120 Å². The molecule has 21 heavy (non-hydrogen) atoms. The van der Waals surface area contributed by atoms with Crippen molar-refractivity contribution in [1.29, 1.82) is 5.26 Å². The zero-order valence-corrected chi connectivity index (χ0v) is 10.8. The lowest BCUT2D eigenvalue weighted by molar-refractivity contribution is 0.381. The molecule has 0 aliphatic heterocycles. The van der Waals surface area contributed by atoms with Crippen LogP contribution in [-0.2, 0) is 6.42 Å². The van der Waals surface area contributed by atoms with Gasteiger partial charge in [0.25, 0.3) is 0 Å². The highest BCUT2D eigenvalue weighted by molar-refractivity contribution is 6.29. The highest BCUT2D eigenvalue weighted by Crippen LogP contribution is 2.34. The summed E-state index contributed by atoms with van der Waals surface area (Å²) >= 11 is 5.59. The largest absolute Gasteiger partial charge is 0.244 e. The van der Waals surface area contributed by atoms with Crippen LogP contribution in [0.1, 0.15) is 5.56 Å². The average Bonchev–Trinajstić information content (AvgIpc) is 2.46. The molecule has 0 aliphatic rings. The maximum absolute atomic E-state index is 13.7. The first kappa shape index (κ1) is 15.2. The molecule has 0 fully saturated rings. The van der Waals surface area contributed by atoms with E-state index in [-0.39, 0.29) is 22.7 Å². The summed E-state index contributed by atoms with van der Waals surface area (Å²) < 4.78 is 66.9. The van der Waals surface area contributed by atoms with Gasteiger partial charge in [0.2, 0.25) is 5.82 Å². The first-order chi connectivity index (χ1) is 9.88. The van der Waals surface area contributed by atoms with Gasteiger partial charge in [0.15, 0.2) is 23.3 Å². The summed E-state index contributed by atoms with van der Waals surface area (Å²) in [5.41, 5.74) is -1.52. The Morgan fingerprint density at radius 3 is 2.05 bits per heavy atom. The highest BCUT2D eigenvalue weighted by atomic mass is 35.5. The molecule has 108 valence electrons. The Morgan fingerprint density at radius 2 is 1.52 bits per heavy atom. The minimum Gasteiger partial charge on any atom is -0.244 e. The maximum atomic E-state index is 13.7. The molecule has 0 bridgehead atoms. The molecule has 0 amide bonds. The smallest absolute Gasteiger partial charge is 0.200 e. The molecule has 0 atom stereocenters. The van der Waals surface area contributed by atoms with E-state index in [0.717, 1.165) is 12.3 Å². The van der Waals surface area contributed by atoms with Gasteiger partial charge in [-0.1, -0.05) is 11.6 Å². The molecule has 0 radical (unpaired) electrons. The standard InChI is InChI=1S/C13H4ClF5N2/c14-7-3-5(1-2-20)6(4-21-7)8-9(15)11(17)13(19)12(18)10(8)16/h3-4H,1H2. The summed E-state index contributed by atoms with van der Waals surface area (Å²) in [4.78, 5) is 3.55. The second-order valence-corrected chi connectivity index (χ2v) is 4.33. The van der Waals surface area contributed by atoms with Crippen LogP contribution in [0.3, 0.4) is 0 Å². The molecular formula is C13H4ClF5N2. The van der Waals surface area contributed by atoms with Crippen LogP contribution in [0.2, 0.25) is 5.15 Å². The Balaban J connectivity index is 2.83. The average molecular weight is 319 g/mol. The molecule has 2 rings (SSSR count). The normalized spacial score (nSPS) is 10.5. The van der Waals surface area contributed by atoms with Gasteiger partial charge in [-0.05, 0) is 11.6 Å². The number of hydrogen-bond donors (Lipinski definition) is 0. The third-order valence-electron chi connectivity index (χ3n) is 2.70. The van der Waals surface area contributed by atoms with E-state index in [0.29, 0.717) is 0 Å².